The van der Waals surface area contributed by atoms with E-state index in [9.17, 15) is 8.78 Å². The highest BCUT2D eigenvalue weighted by Gasteiger charge is 2.17. The molecule has 0 saturated heterocycles. The summed E-state index contributed by atoms with van der Waals surface area (Å²) in [6.45, 7) is -0.365. The summed E-state index contributed by atoms with van der Waals surface area (Å²) in [6.07, 6.45) is -1.56. The highest BCUT2D eigenvalue weighted by Crippen LogP contribution is 2.31. The number of rotatable bonds is 3. The van der Waals surface area contributed by atoms with Crippen molar-refractivity contribution in [1.82, 2.24) is 4.98 Å². The third-order valence-electron chi connectivity index (χ3n) is 1.75. The fourth-order valence-corrected chi connectivity index (χ4v) is 1.87. The summed E-state index contributed by atoms with van der Waals surface area (Å²) in [4.78, 5) is 3.75. The first-order chi connectivity index (χ1) is 6.61. The molecule has 6 heteroatoms. The van der Waals surface area contributed by atoms with Gasteiger partial charge in [-0.3, -0.25) is 4.98 Å². The Labute approximate surface area is 93.0 Å². The van der Waals surface area contributed by atoms with Crippen molar-refractivity contribution in [2.45, 2.75) is 18.9 Å². The molecule has 1 heterocycles. The van der Waals surface area contributed by atoms with E-state index in [0.29, 0.717) is 11.3 Å². The van der Waals surface area contributed by atoms with Crippen LogP contribution in [0.4, 0.5) is 8.78 Å². The summed E-state index contributed by atoms with van der Waals surface area (Å²) >= 11 is 8.53. The predicted molar refractivity (Wildman–Crippen MR) is 52.4 cm³/mol. The molecule has 1 rings (SSSR count). The van der Waals surface area contributed by atoms with E-state index in [2.05, 4.69) is 20.9 Å². The second-order valence-electron chi connectivity index (χ2n) is 2.55. The Morgan fingerprint density at radius 3 is 2.64 bits per heavy atom. The van der Waals surface area contributed by atoms with Crippen molar-refractivity contribution >= 4 is 27.5 Å². The Morgan fingerprint density at radius 2 is 2.21 bits per heavy atom. The van der Waals surface area contributed by atoms with E-state index in [-0.39, 0.29) is 22.5 Å². The largest absolute Gasteiger partial charge is 0.392 e. The minimum atomic E-state index is -2.62. The second kappa shape index (κ2) is 5.00. The van der Waals surface area contributed by atoms with Gasteiger partial charge in [0.05, 0.1) is 23.7 Å². The van der Waals surface area contributed by atoms with Gasteiger partial charge in [-0.25, -0.2) is 8.78 Å². The Bertz CT molecular complexity index is 335. The minimum absolute atomic E-state index is 0.0814. The van der Waals surface area contributed by atoms with Crippen LogP contribution in [0.1, 0.15) is 23.2 Å². The van der Waals surface area contributed by atoms with Gasteiger partial charge in [0.25, 0.3) is 6.43 Å². The normalized spacial score (nSPS) is 11.0. The van der Waals surface area contributed by atoms with E-state index < -0.39 is 6.43 Å². The van der Waals surface area contributed by atoms with Crippen LogP contribution in [0.3, 0.4) is 0 Å². The molecule has 0 saturated carbocycles. The standard InChI is InChI=1S/C8H7BrClF2NO/c9-7-4(8(11)12)2-13-6(1-10)5(7)3-14/h2,8,14H,1,3H2. The molecular formula is C8H7BrClF2NO. The number of hydrogen-bond acceptors (Lipinski definition) is 2. The molecule has 1 aromatic heterocycles. The number of aliphatic hydroxyl groups excluding tert-OH is 1. The number of aliphatic hydroxyl groups is 1. The SMILES string of the molecule is OCc1c(CCl)ncc(C(F)F)c1Br. The van der Waals surface area contributed by atoms with Crippen LogP contribution in [-0.4, -0.2) is 10.1 Å². The van der Waals surface area contributed by atoms with Gasteiger partial charge in [0.15, 0.2) is 0 Å². The zero-order chi connectivity index (χ0) is 10.7. The first-order valence-corrected chi connectivity index (χ1v) is 5.05. The van der Waals surface area contributed by atoms with Crippen LogP contribution in [0, 0.1) is 0 Å². The van der Waals surface area contributed by atoms with Gasteiger partial charge in [0, 0.05) is 16.2 Å². The van der Waals surface area contributed by atoms with Gasteiger partial charge >= 0.3 is 0 Å². The molecule has 1 N–H and O–H groups in total. The summed E-state index contributed by atoms with van der Waals surface area (Å²) in [5, 5.41) is 8.96. The van der Waals surface area contributed by atoms with E-state index in [1.54, 1.807) is 0 Å². The molecular weight excluding hydrogens is 279 g/mol. The van der Waals surface area contributed by atoms with E-state index in [0.717, 1.165) is 6.20 Å². The number of halogens is 4. The van der Waals surface area contributed by atoms with Crippen LogP contribution in [0.5, 0.6) is 0 Å². The van der Waals surface area contributed by atoms with Crippen molar-refractivity contribution in [3.8, 4) is 0 Å². The van der Waals surface area contributed by atoms with E-state index >= 15 is 0 Å². The average Bonchev–Trinajstić information content (AvgIpc) is 2.16. The minimum Gasteiger partial charge on any atom is -0.392 e. The summed E-state index contributed by atoms with van der Waals surface area (Å²) in [6, 6.07) is 0. The Morgan fingerprint density at radius 1 is 1.57 bits per heavy atom. The van der Waals surface area contributed by atoms with Crippen molar-refractivity contribution in [3.05, 3.63) is 27.5 Å². The molecule has 0 aliphatic carbocycles. The highest BCUT2D eigenvalue weighted by atomic mass is 79.9. The third kappa shape index (κ3) is 2.21. The molecule has 78 valence electrons. The predicted octanol–water partition coefficient (Wildman–Crippen LogP) is 3.01. The first-order valence-electron chi connectivity index (χ1n) is 3.73. The quantitative estimate of drug-likeness (QED) is 0.867. The fraction of sp³-hybridized carbons (Fsp3) is 0.375. The van der Waals surface area contributed by atoms with Crippen LogP contribution >= 0.6 is 27.5 Å². The Kier molecular flexibility index (Phi) is 4.22. The Hall–Kier alpha value is -0.260. The van der Waals surface area contributed by atoms with Gasteiger partial charge < -0.3 is 5.11 Å². The third-order valence-corrected chi connectivity index (χ3v) is 2.94. The van der Waals surface area contributed by atoms with Crippen LogP contribution in [0.15, 0.2) is 10.7 Å². The van der Waals surface area contributed by atoms with Gasteiger partial charge in [-0.05, 0) is 15.9 Å². The van der Waals surface area contributed by atoms with Gasteiger partial charge in [-0.15, -0.1) is 11.6 Å². The van der Waals surface area contributed by atoms with Gasteiger partial charge in [0.1, 0.15) is 0 Å². The highest BCUT2D eigenvalue weighted by molar-refractivity contribution is 9.10. The van der Waals surface area contributed by atoms with E-state index in [4.69, 9.17) is 16.7 Å². The first kappa shape index (κ1) is 11.8. The van der Waals surface area contributed by atoms with Gasteiger partial charge in [-0.1, -0.05) is 0 Å². The lowest BCUT2D eigenvalue weighted by Crippen LogP contribution is -2.01. The maximum Gasteiger partial charge on any atom is 0.266 e. The molecule has 0 atom stereocenters. The number of alkyl halides is 3. The lowest BCUT2D eigenvalue weighted by Gasteiger charge is -2.10. The number of hydrogen-bond donors (Lipinski definition) is 1. The van der Waals surface area contributed by atoms with Crippen molar-refractivity contribution < 1.29 is 13.9 Å². The number of nitrogens with zero attached hydrogens (tertiary/aromatic N) is 1. The van der Waals surface area contributed by atoms with Crippen LogP contribution < -0.4 is 0 Å². The summed E-state index contributed by atoms with van der Waals surface area (Å²) in [5.41, 5.74) is 0.492. The second-order valence-corrected chi connectivity index (χ2v) is 3.61. The van der Waals surface area contributed by atoms with Crippen molar-refractivity contribution in [3.63, 3.8) is 0 Å². The van der Waals surface area contributed by atoms with Crippen LogP contribution in [0.2, 0.25) is 0 Å². The molecule has 0 bridgehead atoms. The number of pyridine rings is 1. The summed E-state index contributed by atoms with van der Waals surface area (Å²) in [7, 11) is 0. The molecule has 0 radical (unpaired) electrons. The molecule has 14 heavy (non-hydrogen) atoms. The molecule has 0 aliphatic rings. The molecule has 1 aromatic rings. The smallest absolute Gasteiger partial charge is 0.266 e. The van der Waals surface area contributed by atoms with Crippen molar-refractivity contribution in [2.24, 2.45) is 0 Å². The van der Waals surface area contributed by atoms with Gasteiger partial charge in [0.2, 0.25) is 0 Å². The summed E-state index contributed by atoms with van der Waals surface area (Å²) in [5.74, 6) is 0.0814. The van der Waals surface area contributed by atoms with Crippen LogP contribution in [0.25, 0.3) is 0 Å². The topological polar surface area (TPSA) is 33.1 Å². The Balaban J connectivity index is 3.27. The molecule has 0 fully saturated rings. The maximum absolute atomic E-state index is 12.4. The van der Waals surface area contributed by atoms with E-state index in [1.165, 1.54) is 0 Å². The zero-order valence-corrected chi connectivity index (χ0v) is 9.32. The number of aromatic nitrogens is 1. The molecule has 0 aromatic carbocycles. The lowest BCUT2D eigenvalue weighted by molar-refractivity contribution is 0.149. The molecule has 0 aliphatic heterocycles. The maximum atomic E-state index is 12.4. The van der Waals surface area contributed by atoms with E-state index in [1.807, 2.05) is 0 Å². The van der Waals surface area contributed by atoms with Gasteiger partial charge in [-0.2, -0.15) is 0 Å². The molecule has 0 spiro atoms. The average molecular weight is 287 g/mol. The van der Waals surface area contributed by atoms with Crippen LogP contribution in [-0.2, 0) is 12.5 Å². The molecule has 0 amide bonds. The monoisotopic (exact) mass is 285 g/mol. The summed E-state index contributed by atoms with van der Waals surface area (Å²) < 4.78 is 25.0. The van der Waals surface area contributed by atoms with Crippen molar-refractivity contribution in [1.29, 1.82) is 0 Å². The fourth-order valence-electron chi connectivity index (χ4n) is 1.01. The molecule has 0 unspecified atom stereocenters. The lowest BCUT2D eigenvalue weighted by atomic mass is 10.1. The zero-order valence-electron chi connectivity index (χ0n) is 6.98. The van der Waals surface area contributed by atoms with Crippen molar-refractivity contribution in [2.75, 3.05) is 0 Å². The molecule has 2 nitrogen and oxygen atoms in total.